The molecule has 0 saturated carbocycles. The van der Waals surface area contributed by atoms with Crippen molar-refractivity contribution in [1.29, 1.82) is 0 Å². The highest BCUT2D eigenvalue weighted by Gasteiger charge is 2.40. The van der Waals surface area contributed by atoms with Crippen molar-refractivity contribution in [3.05, 3.63) is 35.4 Å². The lowest BCUT2D eigenvalue weighted by atomic mass is 9.72. The van der Waals surface area contributed by atoms with Gasteiger partial charge in [-0.2, -0.15) is 13.2 Å². The van der Waals surface area contributed by atoms with Gasteiger partial charge in [0.2, 0.25) is 0 Å². The monoisotopic (exact) mass is 287 g/mol. The van der Waals surface area contributed by atoms with Crippen LogP contribution in [0, 0.1) is 0 Å². The third kappa shape index (κ3) is 2.99. The number of alkyl halides is 3. The molecule has 2 nitrogen and oxygen atoms in total. The Labute approximate surface area is 118 Å². The minimum atomic E-state index is -4.30. The molecule has 0 amide bonds. The number of likely N-dealkylation sites (tertiary alicyclic amines) is 1. The summed E-state index contributed by atoms with van der Waals surface area (Å²) < 4.78 is 39.5. The molecule has 1 aliphatic heterocycles. The van der Waals surface area contributed by atoms with Crippen LogP contribution in [0.25, 0.3) is 0 Å². The van der Waals surface area contributed by atoms with Crippen LogP contribution in [0.1, 0.15) is 24.0 Å². The molecule has 0 spiro atoms. The number of nitrogens with zero attached hydrogens (tertiary/aromatic N) is 1. The molecule has 1 saturated heterocycles. The van der Waals surface area contributed by atoms with E-state index in [4.69, 9.17) is 5.73 Å². The van der Waals surface area contributed by atoms with Crippen molar-refractivity contribution in [3.8, 4) is 0 Å². The van der Waals surface area contributed by atoms with Gasteiger partial charge in [-0.1, -0.05) is 18.2 Å². The molecule has 5 heteroatoms. The van der Waals surface area contributed by atoms with Crippen molar-refractivity contribution in [2.24, 2.45) is 5.73 Å². The molecule has 1 aliphatic rings. The van der Waals surface area contributed by atoms with Crippen molar-refractivity contribution in [1.82, 2.24) is 0 Å². The van der Waals surface area contributed by atoms with Gasteiger partial charge in [0.25, 0.3) is 0 Å². The molecule has 112 valence electrons. The van der Waals surface area contributed by atoms with E-state index < -0.39 is 11.7 Å². The fraction of sp³-hybridized carbons (Fsp3) is 0.600. The second-order valence-electron chi connectivity index (χ2n) is 6.45. The number of hydrogen-bond donors (Lipinski definition) is 1. The third-order valence-electron chi connectivity index (χ3n) is 4.58. The van der Waals surface area contributed by atoms with Gasteiger partial charge in [0.15, 0.2) is 0 Å². The largest absolute Gasteiger partial charge is 0.416 e. The van der Waals surface area contributed by atoms with E-state index in [0.717, 1.165) is 42.0 Å². The summed E-state index contributed by atoms with van der Waals surface area (Å²) in [5, 5.41) is 0. The van der Waals surface area contributed by atoms with Gasteiger partial charge in [-0.05, 0) is 11.6 Å². The van der Waals surface area contributed by atoms with Crippen LogP contribution >= 0.6 is 0 Å². The molecule has 1 fully saturated rings. The highest BCUT2D eigenvalue weighted by atomic mass is 19.4. The van der Waals surface area contributed by atoms with Gasteiger partial charge in [0, 0.05) is 24.8 Å². The fourth-order valence-electron chi connectivity index (χ4n) is 2.91. The molecule has 0 atom stereocenters. The predicted octanol–water partition coefficient (Wildman–Crippen LogP) is 2.77. The molecule has 0 bridgehead atoms. The van der Waals surface area contributed by atoms with Crippen molar-refractivity contribution in [3.63, 3.8) is 0 Å². The van der Waals surface area contributed by atoms with Crippen LogP contribution in [0.15, 0.2) is 24.3 Å². The summed E-state index contributed by atoms with van der Waals surface area (Å²) in [7, 11) is 4.29. The van der Waals surface area contributed by atoms with Crippen LogP contribution in [0.3, 0.4) is 0 Å². The zero-order chi connectivity index (χ0) is 15.0. The van der Waals surface area contributed by atoms with E-state index in [1.165, 1.54) is 12.1 Å². The molecule has 0 radical (unpaired) electrons. The predicted molar refractivity (Wildman–Crippen MR) is 73.3 cm³/mol. The number of halogens is 3. The van der Waals surface area contributed by atoms with Crippen molar-refractivity contribution >= 4 is 0 Å². The molecular weight excluding hydrogens is 265 g/mol. The van der Waals surface area contributed by atoms with Crippen LogP contribution in [-0.2, 0) is 11.6 Å². The maximum atomic E-state index is 12.9. The zero-order valence-electron chi connectivity index (χ0n) is 12.0. The second-order valence-corrected chi connectivity index (χ2v) is 6.45. The highest BCUT2D eigenvalue weighted by molar-refractivity contribution is 5.32. The quantitative estimate of drug-likeness (QED) is 0.832. The summed E-state index contributed by atoms with van der Waals surface area (Å²) in [5.74, 6) is 0. The summed E-state index contributed by atoms with van der Waals surface area (Å²) >= 11 is 0. The van der Waals surface area contributed by atoms with Crippen LogP contribution in [0.5, 0.6) is 0 Å². The number of benzene rings is 1. The van der Waals surface area contributed by atoms with Gasteiger partial charge in [0.1, 0.15) is 0 Å². The molecule has 0 unspecified atom stereocenters. The topological polar surface area (TPSA) is 26.0 Å². The first kappa shape index (κ1) is 15.3. The fourth-order valence-corrected chi connectivity index (χ4v) is 2.91. The molecule has 2 rings (SSSR count). The Morgan fingerprint density at radius 3 is 2.30 bits per heavy atom. The number of nitrogens with two attached hydrogens (primary N) is 1. The molecule has 1 heterocycles. The standard InChI is InChI=1S/C15H22F3N2/c1-20(2)8-6-14(11-19,7-9-20)12-4-3-5-13(10-12)15(16,17)18/h3-5,10H,6-9,11,19H2,1-2H3/q+1. The Morgan fingerprint density at radius 2 is 1.80 bits per heavy atom. The SMILES string of the molecule is C[N+]1(C)CCC(CN)(c2cccc(C(F)(F)F)c2)CC1. The van der Waals surface area contributed by atoms with E-state index in [-0.39, 0.29) is 5.41 Å². The lowest BCUT2D eigenvalue weighted by molar-refractivity contribution is -0.896. The highest BCUT2D eigenvalue weighted by Crippen LogP contribution is 2.38. The summed E-state index contributed by atoms with van der Waals surface area (Å²) in [5.41, 5.74) is 5.77. The van der Waals surface area contributed by atoms with Crippen molar-refractivity contribution in [2.75, 3.05) is 33.7 Å². The molecule has 1 aromatic rings. The first-order chi connectivity index (χ1) is 9.19. The lowest BCUT2D eigenvalue weighted by Gasteiger charge is -2.44. The van der Waals surface area contributed by atoms with Gasteiger partial charge in [0.05, 0.1) is 32.7 Å². The lowest BCUT2D eigenvalue weighted by Crippen LogP contribution is -2.53. The van der Waals surface area contributed by atoms with Gasteiger partial charge in [-0.3, -0.25) is 0 Å². The summed E-state index contributed by atoms with van der Waals surface area (Å²) in [6.45, 7) is 2.27. The number of quaternary nitrogens is 1. The Morgan fingerprint density at radius 1 is 1.20 bits per heavy atom. The number of rotatable bonds is 2. The van der Waals surface area contributed by atoms with Gasteiger partial charge >= 0.3 is 6.18 Å². The van der Waals surface area contributed by atoms with E-state index in [2.05, 4.69) is 14.1 Å². The molecule has 20 heavy (non-hydrogen) atoms. The average molecular weight is 287 g/mol. The van der Waals surface area contributed by atoms with Crippen molar-refractivity contribution in [2.45, 2.75) is 24.4 Å². The first-order valence-corrected chi connectivity index (χ1v) is 6.88. The van der Waals surface area contributed by atoms with Crippen LogP contribution < -0.4 is 5.73 Å². The first-order valence-electron chi connectivity index (χ1n) is 6.88. The average Bonchev–Trinajstić information content (AvgIpc) is 2.39. The minimum absolute atomic E-state index is 0.310. The normalized spacial score (nSPS) is 21.7. The van der Waals surface area contributed by atoms with Crippen LogP contribution in [0.4, 0.5) is 13.2 Å². The maximum absolute atomic E-state index is 12.9. The molecule has 2 N–H and O–H groups in total. The molecule has 1 aromatic carbocycles. The number of piperidine rings is 1. The summed E-state index contributed by atoms with van der Waals surface area (Å²) in [4.78, 5) is 0. The minimum Gasteiger partial charge on any atom is -0.330 e. The van der Waals surface area contributed by atoms with E-state index in [1.807, 2.05) is 0 Å². The Hall–Kier alpha value is -1.07. The van der Waals surface area contributed by atoms with E-state index in [1.54, 1.807) is 6.07 Å². The second kappa shape index (κ2) is 5.04. The van der Waals surface area contributed by atoms with Gasteiger partial charge in [-0.15, -0.1) is 0 Å². The summed E-state index contributed by atoms with van der Waals surface area (Å²) in [6.07, 6.45) is -2.63. The van der Waals surface area contributed by atoms with Crippen LogP contribution in [-0.4, -0.2) is 38.2 Å². The van der Waals surface area contributed by atoms with E-state index >= 15 is 0 Å². The Kier molecular flexibility index (Phi) is 3.86. The van der Waals surface area contributed by atoms with E-state index in [0.29, 0.717) is 6.54 Å². The summed E-state index contributed by atoms with van der Waals surface area (Å²) in [6, 6.07) is 5.67. The van der Waals surface area contributed by atoms with Crippen molar-refractivity contribution < 1.29 is 17.7 Å². The third-order valence-corrected chi connectivity index (χ3v) is 4.58. The van der Waals surface area contributed by atoms with Gasteiger partial charge < -0.3 is 10.2 Å². The smallest absolute Gasteiger partial charge is 0.330 e. The van der Waals surface area contributed by atoms with Gasteiger partial charge in [-0.25, -0.2) is 0 Å². The molecule has 0 aromatic heterocycles. The Balaban J connectivity index is 2.33. The molecule has 0 aliphatic carbocycles. The zero-order valence-corrected chi connectivity index (χ0v) is 12.0. The maximum Gasteiger partial charge on any atom is 0.416 e. The van der Waals surface area contributed by atoms with E-state index in [9.17, 15) is 13.2 Å². The van der Waals surface area contributed by atoms with Crippen LogP contribution in [0.2, 0.25) is 0 Å². The Bertz CT molecular complexity index is 470. The number of hydrogen-bond acceptors (Lipinski definition) is 1. The molecular formula is C15H22F3N2+.